The number of hydrogen-bond acceptors (Lipinski definition) is 3. The van der Waals surface area contributed by atoms with Crippen LogP contribution in [0.1, 0.15) is 38.3 Å². The van der Waals surface area contributed by atoms with E-state index in [2.05, 4.69) is 5.32 Å². The van der Waals surface area contributed by atoms with Crippen LogP contribution in [0.2, 0.25) is 0 Å². The molecule has 0 spiro atoms. The van der Waals surface area contributed by atoms with Crippen molar-refractivity contribution in [1.82, 2.24) is 5.32 Å². The molecule has 1 aromatic rings. The van der Waals surface area contributed by atoms with Gasteiger partial charge in [0.15, 0.2) is 5.54 Å². The van der Waals surface area contributed by atoms with Crippen molar-refractivity contribution in [3.05, 3.63) is 35.4 Å². The van der Waals surface area contributed by atoms with Gasteiger partial charge in [-0.05, 0) is 44.7 Å². The third-order valence-corrected chi connectivity index (χ3v) is 3.33. The van der Waals surface area contributed by atoms with E-state index in [1.165, 1.54) is 0 Å². The first-order chi connectivity index (χ1) is 9.24. The highest BCUT2D eigenvalue weighted by atomic mass is 16.6. The van der Waals surface area contributed by atoms with Gasteiger partial charge >= 0.3 is 12.1 Å². The minimum atomic E-state index is -1.39. The SMILES string of the molecule is CC(C)(C)OC(=O)N[C@]1(C(=O)O)CCc2ccccc21. The fourth-order valence-electron chi connectivity index (χ4n) is 2.49. The summed E-state index contributed by atoms with van der Waals surface area (Å²) in [5.41, 5.74) is -0.467. The number of nitrogens with one attached hydrogen (secondary N) is 1. The molecule has 108 valence electrons. The highest BCUT2D eigenvalue weighted by Crippen LogP contribution is 2.37. The molecule has 0 saturated carbocycles. The minimum Gasteiger partial charge on any atom is -0.479 e. The summed E-state index contributed by atoms with van der Waals surface area (Å²) >= 11 is 0. The van der Waals surface area contributed by atoms with Crippen molar-refractivity contribution in [2.75, 3.05) is 0 Å². The van der Waals surface area contributed by atoms with Crippen molar-refractivity contribution < 1.29 is 19.4 Å². The Morgan fingerprint density at radius 1 is 1.30 bits per heavy atom. The lowest BCUT2D eigenvalue weighted by Gasteiger charge is -2.29. The molecule has 0 saturated heterocycles. The Morgan fingerprint density at radius 2 is 1.95 bits per heavy atom. The predicted molar refractivity (Wildman–Crippen MR) is 73.4 cm³/mol. The molecule has 1 aliphatic rings. The molecule has 1 aliphatic carbocycles. The van der Waals surface area contributed by atoms with Crippen LogP contribution in [-0.2, 0) is 21.5 Å². The van der Waals surface area contributed by atoms with Crippen LogP contribution in [-0.4, -0.2) is 22.8 Å². The number of benzene rings is 1. The summed E-state index contributed by atoms with van der Waals surface area (Å²) in [5.74, 6) is -1.06. The molecule has 0 aromatic heterocycles. The van der Waals surface area contributed by atoms with Crippen molar-refractivity contribution in [2.24, 2.45) is 0 Å². The molecule has 0 unspecified atom stereocenters. The fraction of sp³-hybridized carbons (Fsp3) is 0.467. The number of carboxylic acid groups (broad SMARTS) is 1. The van der Waals surface area contributed by atoms with E-state index in [9.17, 15) is 14.7 Å². The first-order valence-corrected chi connectivity index (χ1v) is 6.57. The Hall–Kier alpha value is -2.04. The second-order valence-electron chi connectivity index (χ2n) is 5.99. The first kappa shape index (κ1) is 14.4. The number of rotatable bonds is 2. The largest absolute Gasteiger partial charge is 0.479 e. The summed E-state index contributed by atoms with van der Waals surface area (Å²) in [7, 11) is 0. The van der Waals surface area contributed by atoms with E-state index in [0.29, 0.717) is 18.4 Å². The summed E-state index contributed by atoms with van der Waals surface area (Å²) in [5, 5.41) is 12.1. The van der Waals surface area contributed by atoms with Crippen molar-refractivity contribution in [1.29, 1.82) is 0 Å². The van der Waals surface area contributed by atoms with Crippen LogP contribution in [0.5, 0.6) is 0 Å². The average Bonchev–Trinajstić information content (AvgIpc) is 2.67. The van der Waals surface area contributed by atoms with E-state index in [1.807, 2.05) is 12.1 Å². The fourth-order valence-corrected chi connectivity index (χ4v) is 2.49. The Bertz CT molecular complexity index is 547. The molecule has 1 atom stereocenters. The lowest BCUT2D eigenvalue weighted by atomic mass is 9.92. The van der Waals surface area contributed by atoms with Crippen LogP contribution >= 0.6 is 0 Å². The highest BCUT2D eigenvalue weighted by Gasteiger charge is 2.47. The molecule has 0 fully saturated rings. The average molecular weight is 277 g/mol. The van der Waals surface area contributed by atoms with Gasteiger partial charge in [-0.15, -0.1) is 0 Å². The molecule has 0 aliphatic heterocycles. The Labute approximate surface area is 117 Å². The molecule has 1 amide bonds. The number of carbonyl (C=O) groups excluding carboxylic acids is 1. The van der Waals surface area contributed by atoms with Crippen molar-refractivity contribution >= 4 is 12.1 Å². The van der Waals surface area contributed by atoms with Crippen LogP contribution in [0.3, 0.4) is 0 Å². The lowest BCUT2D eigenvalue weighted by molar-refractivity contribution is -0.145. The van der Waals surface area contributed by atoms with E-state index in [1.54, 1.807) is 32.9 Å². The number of hydrogen-bond donors (Lipinski definition) is 2. The Morgan fingerprint density at radius 3 is 2.55 bits per heavy atom. The lowest BCUT2D eigenvalue weighted by Crippen LogP contribution is -2.51. The first-order valence-electron chi connectivity index (χ1n) is 6.57. The van der Waals surface area contributed by atoms with Crippen molar-refractivity contribution in [3.8, 4) is 0 Å². The van der Waals surface area contributed by atoms with E-state index in [-0.39, 0.29) is 0 Å². The zero-order valence-electron chi connectivity index (χ0n) is 11.9. The molecule has 5 nitrogen and oxygen atoms in total. The number of aryl methyl sites for hydroxylation is 1. The van der Waals surface area contributed by atoms with Crippen molar-refractivity contribution in [2.45, 2.75) is 44.8 Å². The smallest absolute Gasteiger partial charge is 0.408 e. The summed E-state index contributed by atoms with van der Waals surface area (Å²) < 4.78 is 5.18. The van der Waals surface area contributed by atoms with E-state index in [0.717, 1.165) is 5.56 Å². The van der Waals surface area contributed by atoms with Crippen LogP contribution in [0.15, 0.2) is 24.3 Å². The van der Waals surface area contributed by atoms with Crippen molar-refractivity contribution in [3.63, 3.8) is 0 Å². The monoisotopic (exact) mass is 277 g/mol. The standard InChI is InChI=1S/C15H19NO4/c1-14(2,3)20-13(19)16-15(12(17)18)9-8-10-6-4-5-7-11(10)15/h4-7H,8-9H2,1-3H3,(H,16,19)(H,17,18)/t15-/m1/s1. The number of alkyl carbamates (subject to hydrolysis) is 1. The molecular formula is C15H19NO4. The molecule has 0 radical (unpaired) electrons. The van der Waals surface area contributed by atoms with Crippen LogP contribution in [0.25, 0.3) is 0 Å². The van der Waals surface area contributed by atoms with Crippen LogP contribution < -0.4 is 5.32 Å². The minimum absolute atomic E-state index is 0.334. The summed E-state index contributed by atoms with van der Waals surface area (Å²) in [6.07, 6.45) is 0.246. The van der Waals surface area contributed by atoms with Gasteiger partial charge in [0.05, 0.1) is 0 Å². The normalized spacial score (nSPS) is 21.1. The van der Waals surface area contributed by atoms with Gasteiger partial charge in [-0.1, -0.05) is 24.3 Å². The number of aliphatic carboxylic acids is 1. The molecular weight excluding hydrogens is 258 g/mol. The van der Waals surface area contributed by atoms with E-state index < -0.39 is 23.2 Å². The quantitative estimate of drug-likeness (QED) is 0.870. The van der Waals surface area contributed by atoms with Gasteiger partial charge in [-0.3, -0.25) is 0 Å². The molecule has 2 rings (SSSR count). The third kappa shape index (κ3) is 2.61. The third-order valence-electron chi connectivity index (χ3n) is 3.33. The summed E-state index contributed by atoms with van der Waals surface area (Å²) in [6.45, 7) is 5.22. The van der Waals surface area contributed by atoms with Gasteiger partial charge in [0.2, 0.25) is 0 Å². The van der Waals surface area contributed by atoms with E-state index in [4.69, 9.17) is 4.74 Å². The zero-order chi connectivity index (χ0) is 15.0. The van der Waals surface area contributed by atoms with Crippen LogP contribution in [0, 0.1) is 0 Å². The van der Waals surface area contributed by atoms with Crippen LogP contribution in [0.4, 0.5) is 4.79 Å². The predicted octanol–water partition coefficient (Wildman–Crippen LogP) is 2.44. The maximum Gasteiger partial charge on any atom is 0.408 e. The number of carboxylic acids is 1. The topological polar surface area (TPSA) is 75.6 Å². The van der Waals surface area contributed by atoms with Gasteiger partial charge in [0.25, 0.3) is 0 Å². The Balaban J connectivity index is 2.30. The highest BCUT2D eigenvalue weighted by molar-refractivity contribution is 5.87. The number of ether oxygens (including phenoxy) is 1. The number of carbonyl (C=O) groups is 2. The molecule has 20 heavy (non-hydrogen) atoms. The molecule has 5 heteroatoms. The van der Waals surface area contributed by atoms with Gasteiger partial charge in [0.1, 0.15) is 5.60 Å². The summed E-state index contributed by atoms with van der Waals surface area (Å²) in [6, 6.07) is 7.27. The van der Waals surface area contributed by atoms with E-state index >= 15 is 0 Å². The second kappa shape index (κ2) is 4.81. The van der Waals surface area contributed by atoms with Gasteiger partial charge in [0, 0.05) is 0 Å². The zero-order valence-corrected chi connectivity index (χ0v) is 11.9. The molecule has 0 heterocycles. The molecule has 2 N–H and O–H groups in total. The second-order valence-corrected chi connectivity index (χ2v) is 5.99. The maximum atomic E-state index is 11.9. The number of fused-ring (bicyclic) bond motifs is 1. The van der Waals surface area contributed by atoms with Gasteiger partial charge in [-0.2, -0.15) is 0 Å². The summed E-state index contributed by atoms with van der Waals surface area (Å²) in [4.78, 5) is 23.7. The van der Waals surface area contributed by atoms with Gasteiger partial charge in [-0.25, -0.2) is 9.59 Å². The van der Waals surface area contributed by atoms with Gasteiger partial charge < -0.3 is 15.2 Å². The maximum absolute atomic E-state index is 11.9. The Kier molecular flexibility index (Phi) is 3.46. The number of amides is 1. The molecule has 1 aromatic carbocycles. The molecule has 0 bridgehead atoms.